The van der Waals surface area contributed by atoms with E-state index in [4.69, 9.17) is 0 Å². The maximum Gasteiger partial charge on any atom is 0.0592 e. The van der Waals surface area contributed by atoms with Gasteiger partial charge in [-0.2, -0.15) is 0 Å². The van der Waals surface area contributed by atoms with E-state index in [0.29, 0.717) is 0 Å². The fourth-order valence-electron chi connectivity index (χ4n) is 2.18. The van der Waals surface area contributed by atoms with E-state index in [0.717, 1.165) is 0 Å². The van der Waals surface area contributed by atoms with E-state index in [1.54, 1.807) is 0 Å². The van der Waals surface area contributed by atoms with Gasteiger partial charge in [-0.05, 0) is 35.4 Å². The topological polar surface area (TPSA) is 6.48 Å². The van der Waals surface area contributed by atoms with Crippen molar-refractivity contribution in [2.24, 2.45) is 0 Å². The Morgan fingerprint density at radius 2 is 1.75 bits per heavy atom. The minimum Gasteiger partial charge on any atom is -0.377 e. The molecule has 0 radical (unpaired) electrons. The van der Waals surface area contributed by atoms with Crippen molar-refractivity contribution in [3.8, 4) is 0 Å². The van der Waals surface area contributed by atoms with E-state index in [9.17, 15) is 0 Å². The molecule has 86 valence electrons. The van der Waals surface area contributed by atoms with Gasteiger partial charge in [0, 0.05) is 33.9 Å². The van der Waals surface area contributed by atoms with E-state index in [1.165, 1.54) is 27.0 Å². The Kier molecular flexibility index (Phi) is 2.80. The molecule has 0 atom stereocenters. The minimum atomic E-state index is 1.30. The van der Waals surface area contributed by atoms with E-state index < -0.39 is 0 Å². The van der Waals surface area contributed by atoms with Gasteiger partial charge in [0.2, 0.25) is 0 Å². The SMILES string of the molecule is Cc1c(N(C)C)cc2ccsc2c1N(C)C. The highest BCUT2D eigenvalue weighted by molar-refractivity contribution is 7.17. The zero-order valence-corrected chi connectivity index (χ0v) is 11.4. The molecule has 1 aromatic heterocycles. The second-order valence-corrected chi connectivity index (χ2v) is 5.41. The number of rotatable bonds is 2. The second-order valence-electron chi connectivity index (χ2n) is 4.50. The Labute approximate surface area is 101 Å². The molecule has 2 nitrogen and oxygen atoms in total. The predicted molar refractivity (Wildman–Crippen MR) is 75.2 cm³/mol. The van der Waals surface area contributed by atoms with Crippen molar-refractivity contribution in [2.75, 3.05) is 38.0 Å². The Morgan fingerprint density at radius 1 is 1.06 bits per heavy atom. The normalized spacial score (nSPS) is 10.8. The average molecular weight is 234 g/mol. The maximum absolute atomic E-state index is 2.27. The Balaban J connectivity index is 2.81. The molecule has 3 heteroatoms. The third-order valence-electron chi connectivity index (χ3n) is 2.87. The van der Waals surface area contributed by atoms with Crippen LogP contribution in [-0.4, -0.2) is 28.2 Å². The van der Waals surface area contributed by atoms with Crippen LogP contribution in [0.2, 0.25) is 0 Å². The van der Waals surface area contributed by atoms with Crippen LogP contribution in [-0.2, 0) is 0 Å². The molecule has 0 aliphatic rings. The van der Waals surface area contributed by atoms with Crippen molar-refractivity contribution >= 4 is 32.8 Å². The molecule has 0 bridgehead atoms. The Morgan fingerprint density at radius 3 is 2.31 bits per heavy atom. The summed E-state index contributed by atoms with van der Waals surface area (Å²) in [5, 5.41) is 3.50. The lowest BCUT2D eigenvalue weighted by Gasteiger charge is -2.23. The monoisotopic (exact) mass is 234 g/mol. The van der Waals surface area contributed by atoms with Gasteiger partial charge in [-0.1, -0.05) is 0 Å². The minimum absolute atomic E-state index is 1.30. The van der Waals surface area contributed by atoms with E-state index in [1.807, 2.05) is 11.3 Å². The third-order valence-corrected chi connectivity index (χ3v) is 3.81. The van der Waals surface area contributed by atoms with Gasteiger partial charge in [-0.25, -0.2) is 0 Å². The van der Waals surface area contributed by atoms with Crippen LogP contribution in [0.5, 0.6) is 0 Å². The van der Waals surface area contributed by atoms with Gasteiger partial charge in [0.25, 0.3) is 0 Å². The molecule has 1 heterocycles. The number of hydrogen-bond donors (Lipinski definition) is 0. The summed E-state index contributed by atoms with van der Waals surface area (Å²) in [5.41, 5.74) is 4.00. The van der Waals surface area contributed by atoms with Crippen LogP contribution in [0.4, 0.5) is 11.4 Å². The van der Waals surface area contributed by atoms with Gasteiger partial charge in [-0.15, -0.1) is 11.3 Å². The summed E-state index contributed by atoms with van der Waals surface area (Å²) in [6, 6.07) is 4.47. The molecule has 0 N–H and O–H groups in total. The zero-order chi connectivity index (χ0) is 11.9. The Hall–Kier alpha value is -1.22. The molecule has 2 rings (SSSR count). The predicted octanol–water partition coefficient (Wildman–Crippen LogP) is 3.34. The molecule has 0 amide bonds. The molecule has 0 saturated heterocycles. The molecular formula is C13H18N2S. The number of hydrogen-bond acceptors (Lipinski definition) is 3. The zero-order valence-electron chi connectivity index (χ0n) is 10.5. The number of nitrogens with zero attached hydrogens (tertiary/aromatic N) is 2. The summed E-state index contributed by atoms with van der Waals surface area (Å²) in [4.78, 5) is 4.39. The average Bonchev–Trinajstić information content (AvgIpc) is 2.62. The van der Waals surface area contributed by atoms with Crippen molar-refractivity contribution in [1.29, 1.82) is 0 Å². The van der Waals surface area contributed by atoms with Crippen LogP contribution < -0.4 is 9.80 Å². The van der Waals surface area contributed by atoms with Crippen molar-refractivity contribution in [1.82, 2.24) is 0 Å². The third kappa shape index (κ3) is 1.65. The number of fused-ring (bicyclic) bond motifs is 1. The Bertz CT molecular complexity index is 512. The largest absolute Gasteiger partial charge is 0.377 e. The standard InChI is InChI=1S/C13H18N2S/c1-9-11(14(2)3)8-10-6-7-16-13(10)12(9)15(4)5/h6-8H,1-5H3. The highest BCUT2D eigenvalue weighted by Crippen LogP contribution is 2.38. The van der Waals surface area contributed by atoms with E-state index >= 15 is 0 Å². The van der Waals surface area contributed by atoms with Gasteiger partial charge in [0.1, 0.15) is 0 Å². The first-order chi connectivity index (χ1) is 7.52. The molecule has 0 saturated carbocycles. The van der Waals surface area contributed by atoms with Crippen molar-refractivity contribution in [3.63, 3.8) is 0 Å². The molecule has 0 aliphatic heterocycles. The van der Waals surface area contributed by atoms with Crippen LogP contribution in [0.25, 0.3) is 10.1 Å². The van der Waals surface area contributed by atoms with Crippen molar-refractivity contribution in [3.05, 3.63) is 23.1 Å². The molecule has 0 spiro atoms. The number of benzene rings is 1. The van der Waals surface area contributed by atoms with Gasteiger partial charge in [-0.3, -0.25) is 0 Å². The lowest BCUT2D eigenvalue weighted by molar-refractivity contribution is 1.09. The summed E-state index contributed by atoms with van der Waals surface area (Å²) in [5.74, 6) is 0. The lowest BCUT2D eigenvalue weighted by Crippen LogP contribution is -2.15. The van der Waals surface area contributed by atoms with E-state index in [2.05, 4.69) is 62.4 Å². The fourth-order valence-corrected chi connectivity index (χ4v) is 3.24. The number of anilines is 2. The van der Waals surface area contributed by atoms with Crippen LogP contribution >= 0.6 is 11.3 Å². The summed E-state index contributed by atoms with van der Waals surface area (Å²) in [7, 11) is 8.42. The first-order valence-electron chi connectivity index (χ1n) is 5.38. The first kappa shape index (κ1) is 11.3. The summed E-state index contributed by atoms with van der Waals surface area (Å²) < 4.78 is 1.38. The molecule has 2 aromatic rings. The highest BCUT2D eigenvalue weighted by atomic mass is 32.1. The van der Waals surface area contributed by atoms with Gasteiger partial charge >= 0.3 is 0 Å². The van der Waals surface area contributed by atoms with Crippen LogP contribution in [0.3, 0.4) is 0 Å². The summed E-state index contributed by atoms with van der Waals surface area (Å²) in [6.07, 6.45) is 0. The number of thiophene rings is 1. The smallest absolute Gasteiger partial charge is 0.0592 e. The molecule has 1 aromatic carbocycles. The summed E-state index contributed by atoms with van der Waals surface area (Å²) in [6.45, 7) is 2.20. The molecule has 0 aliphatic carbocycles. The van der Waals surface area contributed by atoms with Crippen LogP contribution in [0.15, 0.2) is 17.5 Å². The second kappa shape index (κ2) is 3.98. The first-order valence-corrected chi connectivity index (χ1v) is 6.25. The lowest BCUT2D eigenvalue weighted by atomic mass is 10.1. The summed E-state index contributed by atoms with van der Waals surface area (Å²) >= 11 is 1.82. The van der Waals surface area contributed by atoms with Gasteiger partial charge in [0.05, 0.1) is 10.4 Å². The quantitative estimate of drug-likeness (QED) is 0.786. The van der Waals surface area contributed by atoms with Gasteiger partial charge < -0.3 is 9.80 Å². The molecule has 0 fully saturated rings. The van der Waals surface area contributed by atoms with Crippen molar-refractivity contribution in [2.45, 2.75) is 6.92 Å². The van der Waals surface area contributed by atoms with Crippen molar-refractivity contribution < 1.29 is 0 Å². The van der Waals surface area contributed by atoms with Crippen LogP contribution in [0, 0.1) is 6.92 Å². The van der Waals surface area contributed by atoms with E-state index in [-0.39, 0.29) is 0 Å². The highest BCUT2D eigenvalue weighted by Gasteiger charge is 2.13. The van der Waals surface area contributed by atoms with Gasteiger partial charge in [0.15, 0.2) is 0 Å². The molecule has 16 heavy (non-hydrogen) atoms. The maximum atomic E-state index is 2.27. The fraction of sp³-hybridized carbons (Fsp3) is 0.385. The van der Waals surface area contributed by atoms with Crippen LogP contribution in [0.1, 0.15) is 5.56 Å². The molecule has 0 unspecified atom stereocenters. The molecular weight excluding hydrogens is 216 g/mol.